The molecule has 10 nitrogen and oxygen atoms in total. The van der Waals surface area contributed by atoms with Crippen LogP contribution in [0.5, 0.6) is 0 Å². The molecule has 0 atom stereocenters. The summed E-state index contributed by atoms with van der Waals surface area (Å²) in [6.45, 7) is 2.21. The van der Waals surface area contributed by atoms with Crippen molar-refractivity contribution in [3.05, 3.63) is 72.8 Å². The predicted molar refractivity (Wildman–Crippen MR) is 107 cm³/mol. The van der Waals surface area contributed by atoms with Gasteiger partial charge in [0.1, 0.15) is 17.9 Å². The number of fused-ring (bicyclic) bond motifs is 1. The van der Waals surface area contributed by atoms with E-state index in [4.69, 9.17) is 5.41 Å². The summed E-state index contributed by atoms with van der Waals surface area (Å²) in [6.07, 6.45) is -3.39. The molecule has 0 spiro atoms. The van der Waals surface area contributed by atoms with Crippen LogP contribution in [0.15, 0.2) is 35.3 Å². The first-order valence-corrected chi connectivity index (χ1v) is 9.56. The fourth-order valence-corrected chi connectivity index (χ4v) is 3.76. The zero-order valence-corrected chi connectivity index (χ0v) is 16.5. The van der Waals surface area contributed by atoms with Crippen molar-refractivity contribution in [1.29, 1.82) is 0 Å². The average molecular weight is 447 g/mol. The largest absolute Gasteiger partial charge is 0.763 e. The normalized spacial score (nSPS) is 15.2. The van der Waals surface area contributed by atoms with Crippen LogP contribution in [0.2, 0.25) is 0 Å². The number of aromatic nitrogens is 3. The van der Waals surface area contributed by atoms with Gasteiger partial charge in [0.2, 0.25) is 0 Å². The highest BCUT2D eigenvalue weighted by Crippen LogP contribution is 2.36. The number of piperazine rings is 1. The van der Waals surface area contributed by atoms with E-state index in [-0.39, 0.29) is 16.6 Å². The molecule has 1 aliphatic rings. The van der Waals surface area contributed by atoms with E-state index in [0.717, 1.165) is 21.5 Å². The molecule has 0 unspecified atom stereocenters. The molecule has 0 radical (unpaired) electrons. The van der Waals surface area contributed by atoms with Gasteiger partial charge in [0.15, 0.2) is 5.65 Å². The van der Waals surface area contributed by atoms with Gasteiger partial charge in [-0.05, 0) is 12.1 Å². The minimum absolute atomic E-state index is 0.140. The van der Waals surface area contributed by atoms with Gasteiger partial charge in [0.25, 0.3) is 11.2 Å². The molecule has 1 fully saturated rings. The van der Waals surface area contributed by atoms with Gasteiger partial charge >= 0.3 is 6.18 Å². The van der Waals surface area contributed by atoms with Gasteiger partial charge in [0, 0.05) is 12.1 Å². The fourth-order valence-electron chi connectivity index (χ4n) is 3.76. The van der Waals surface area contributed by atoms with Crippen LogP contribution in [-0.4, -0.2) is 51.6 Å². The minimum atomic E-state index is -4.67. The molecule has 1 aromatic carbocycles. The maximum Gasteiger partial charge on any atom is 0.416 e. The molecular weight excluding hydrogens is 431 g/mol. The molecule has 2 aromatic heterocycles. The Hall–Kier alpha value is -3.83. The molecule has 0 bridgehead atoms. The molecule has 3 aromatic rings. The van der Waals surface area contributed by atoms with Gasteiger partial charge in [-0.2, -0.15) is 22.8 Å². The van der Waals surface area contributed by atoms with Crippen LogP contribution >= 0.6 is 0 Å². The highest BCUT2D eigenvalue weighted by molar-refractivity contribution is 5.65. The maximum atomic E-state index is 12.9. The van der Waals surface area contributed by atoms with E-state index >= 15 is 0 Å². The van der Waals surface area contributed by atoms with E-state index in [1.807, 2.05) is 5.87 Å². The van der Waals surface area contributed by atoms with Gasteiger partial charge in [-0.25, -0.2) is 4.98 Å². The van der Waals surface area contributed by atoms with Crippen LogP contribution in [0.3, 0.4) is 0 Å². The first-order valence-electron chi connectivity index (χ1n) is 9.56. The van der Waals surface area contributed by atoms with Crippen molar-refractivity contribution in [2.24, 2.45) is 0 Å². The van der Waals surface area contributed by atoms with Crippen molar-refractivity contribution in [3.63, 3.8) is 0 Å². The minimum Gasteiger partial charge on any atom is -0.763 e. The SMILES string of the molecule is [N-]=C=c1cnn2c(=O)cc(C[NH+]3CCN(c4ccc(C(F)(F)F)cc4[N+](=O)[O-])CC3)nc12. The lowest BCUT2D eigenvalue weighted by molar-refractivity contribution is -0.914. The van der Waals surface area contributed by atoms with Crippen molar-refractivity contribution in [2.45, 2.75) is 12.7 Å². The Kier molecular flexibility index (Phi) is 5.36. The number of nitro groups is 1. The number of hydrogen-bond acceptors (Lipinski definition) is 6. The Morgan fingerprint density at radius 3 is 2.59 bits per heavy atom. The number of nitro benzene ring substituents is 1. The van der Waals surface area contributed by atoms with E-state index in [1.54, 1.807) is 4.90 Å². The van der Waals surface area contributed by atoms with E-state index in [9.17, 15) is 28.1 Å². The second-order valence-electron chi connectivity index (χ2n) is 7.36. The summed E-state index contributed by atoms with van der Waals surface area (Å²) in [4.78, 5) is 29.8. The summed E-state index contributed by atoms with van der Waals surface area (Å²) in [7, 11) is 0. The van der Waals surface area contributed by atoms with Crippen molar-refractivity contribution in [3.8, 4) is 0 Å². The number of rotatable bonds is 4. The molecule has 0 saturated carbocycles. The Balaban J connectivity index is 1.50. The van der Waals surface area contributed by atoms with Gasteiger partial charge in [-0.1, -0.05) is 0 Å². The Bertz CT molecular complexity index is 1330. The van der Waals surface area contributed by atoms with Crippen LogP contribution in [0.4, 0.5) is 24.5 Å². The highest BCUT2D eigenvalue weighted by atomic mass is 19.4. The summed E-state index contributed by atoms with van der Waals surface area (Å²) in [5.74, 6) is 1.94. The quantitative estimate of drug-likeness (QED) is 0.329. The van der Waals surface area contributed by atoms with Crippen LogP contribution in [0.25, 0.3) is 11.1 Å². The molecule has 1 N–H and O–H groups in total. The van der Waals surface area contributed by atoms with Crippen molar-refractivity contribution < 1.29 is 23.0 Å². The first-order chi connectivity index (χ1) is 15.2. The number of hydrogen-bond donors (Lipinski definition) is 1. The van der Waals surface area contributed by atoms with Crippen molar-refractivity contribution in [2.75, 3.05) is 31.1 Å². The predicted octanol–water partition coefficient (Wildman–Crippen LogP) is -0.449. The lowest BCUT2D eigenvalue weighted by Crippen LogP contribution is -3.13. The molecular formula is C19H16F3N7O3. The second kappa shape index (κ2) is 8.02. The zero-order valence-electron chi connectivity index (χ0n) is 16.5. The van der Waals surface area contributed by atoms with Crippen LogP contribution < -0.4 is 20.6 Å². The van der Waals surface area contributed by atoms with E-state index in [0.29, 0.717) is 44.5 Å². The number of quaternary nitrogens is 1. The molecule has 0 amide bonds. The molecule has 1 saturated heterocycles. The monoisotopic (exact) mass is 447 g/mol. The molecule has 13 heteroatoms. The number of nitrogens with one attached hydrogen (secondary N) is 1. The van der Waals surface area contributed by atoms with Crippen LogP contribution in [0.1, 0.15) is 11.3 Å². The zero-order chi connectivity index (χ0) is 23.0. The van der Waals surface area contributed by atoms with E-state index in [2.05, 4.69) is 10.1 Å². The number of alkyl halides is 3. The summed E-state index contributed by atoms with van der Waals surface area (Å²) in [5, 5.41) is 24.5. The smallest absolute Gasteiger partial charge is 0.416 e. The summed E-state index contributed by atoms with van der Waals surface area (Å²) < 4.78 is 39.8. The summed E-state index contributed by atoms with van der Waals surface area (Å²) in [5.41, 5.74) is -1.23. The molecule has 166 valence electrons. The third-order valence-corrected chi connectivity index (χ3v) is 5.35. The Labute approximate surface area is 177 Å². The standard InChI is InChI=1S/C19H15F3N7O3/c20-19(21,22)13-1-2-15(16(7-13)29(31)32)27-5-3-26(4-6-27)11-14-8-17(30)28-18(25-14)12(9-23)10-24-28/h1-2,7-8,10H,3-6,11H2/q-1/p+1. The van der Waals surface area contributed by atoms with E-state index < -0.39 is 27.9 Å². The number of benzene rings is 1. The molecule has 3 heterocycles. The Morgan fingerprint density at radius 2 is 1.97 bits per heavy atom. The average Bonchev–Trinajstić information content (AvgIpc) is 3.17. The first kappa shape index (κ1) is 21.4. The summed E-state index contributed by atoms with van der Waals surface area (Å²) >= 11 is 0. The molecule has 1 aliphatic heterocycles. The van der Waals surface area contributed by atoms with Crippen LogP contribution in [0, 0.1) is 10.1 Å². The van der Waals surface area contributed by atoms with Gasteiger partial charge in [-0.15, -0.1) is 0 Å². The van der Waals surface area contributed by atoms with Crippen LogP contribution in [-0.2, 0) is 12.7 Å². The lowest BCUT2D eigenvalue weighted by atomic mass is 10.1. The third kappa shape index (κ3) is 4.03. The summed E-state index contributed by atoms with van der Waals surface area (Å²) in [6, 6.07) is 3.88. The van der Waals surface area contributed by atoms with Gasteiger partial charge in [-0.3, -0.25) is 20.8 Å². The van der Waals surface area contributed by atoms with Gasteiger partial charge in [0.05, 0.1) is 48.1 Å². The van der Waals surface area contributed by atoms with E-state index in [1.165, 1.54) is 12.3 Å². The maximum absolute atomic E-state index is 12.9. The molecule has 0 aliphatic carbocycles. The van der Waals surface area contributed by atoms with Gasteiger partial charge < -0.3 is 15.2 Å². The van der Waals surface area contributed by atoms with Crippen molar-refractivity contribution >= 4 is 22.9 Å². The highest BCUT2D eigenvalue weighted by Gasteiger charge is 2.34. The second-order valence-corrected chi connectivity index (χ2v) is 7.36. The fraction of sp³-hybridized carbons (Fsp3) is 0.316. The number of nitrogens with zero attached hydrogens (tertiary/aromatic N) is 6. The third-order valence-electron chi connectivity index (χ3n) is 5.35. The lowest BCUT2D eigenvalue weighted by Gasteiger charge is -2.33. The number of halogens is 3. The topological polar surface area (TPSA) is 120 Å². The van der Waals surface area contributed by atoms with Crippen molar-refractivity contribution in [1.82, 2.24) is 14.6 Å². The number of anilines is 1. The Morgan fingerprint density at radius 1 is 1.25 bits per heavy atom. The molecule has 32 heavy (non-hydrogen) atoms. The molecule has 4 rings (SSSR count).